The summed E-state index contributed by atoms with van der Waals surface area (Å²) in [4.78, 5) is 5.03. The number of aryl methyl sites for hydroxylation is 1. The molecular weight excluding hydrogens is 246 g/mol. The first-order chi connectivity index (χ1) is 9.54. The summed E-state index contributed by atoms with van der Waals surface area (Å²) in [5, 5.41) is 0. The summed E-state index contributed by atoms with van der Waals surface area (Å²) in [6.45, 7) is 10.9. The fourth-order valence-corrected chi connectivity index (χ4v) is 3.43. The smallest absolute Gasteiger partial charge is 0.0476 e. The fourth-order valence-electron chi connectivity index (χ4n) is 3.43. The Morgan fingerprint density at radius 3 is 2.75 bits per heavy atom. The van der Waals surface area contributed by atoms with Crippen molar-refractivity contribution in [3.8, 4) is 0 Å². The van der Waals surface area contributed by atoms with Crippen LogP contribution in [0.1, 0.15) is 36.1 Å². The van der Waals surface area contributed by atoms with Gasteiger partial charge in [0.1, 0.15) is 0 Å². The van der Waals surface area contributed by atoms with Gasteiger partial charge in [0.2, 0.25) is 0 Å². The van der Waals surface area contributed by atoms with Crippen molar-refractivity contribution in [3.05, 3.63) is 34.9 Å². The monoisotopic (exact) mass is 275 g/mol. The SMILES string of the molecule is Cc1cccc(C(CN)N2CCCN(C)CC2C)c1C. The van der Waals surface area contributed by atoms with Crippen LogP contribution in [0.25, 0.3) is 0 Å². The zero-order valence-corrected chi connectivity index (χ0v) is 13.4. The predicted octanol–water partition coefficient (Wildman–Crippen LogP) is 2.33. The third kappa shape index (κ3) is 3.22. The van der Waals surface area contributed by atoms with E-state index in [1.165, 1.54) is 29.7 Å². The Morgan fingerprint density at radius 1 is 1.30 bits per heavy atom. The van der Waals surface area contributed by atoms with Crippen LogP contribution in [-0.4, -0.2) is 49.1 Å². The molecule has 2 unspecified atom stereocenters. The maximum absolute atomic E-state index is 6.15. The molecule has 3 nitrogen and oxygen atoms in total. The number of nitrogens with two attached hydrogens (primary N) is 1. The Balaban J connectivity index is 2.29. The molecule has 2 atom stereocenters. The maximum Gasteiger partial charge on any atom is 0.0476 e. The van der Waals surface area contributed by atoms with E-state index in [4.69, 9.17) is 5.73 Å². The molecule has 1 saturated heterocycles. The highest BCUT2D eigenvalue weighted by Gasteiger charge is 2.27. The molecular formula is C17H29N3. The van der Waals surface area contributed by atoms with Gasteiger partial charge in [-0.3, -0.25) is 4.90 Å². The molecule has 0 saturated carbocycles. The van der Waals surface area contributed by atoms with Crippen molar-refractivity contribution in [3.63, 3.8) is 0 Å². The van der Waals surface area contributed by atoms with Gasteiger partial charge in [-0.1, -0.05) is 18.2 Å². The van der Waals surface area contributed by atoms with Crippen molar-refractivity contribution < 1.29 is 0 Å². The molecule has 0 amide bonds. The van der Waals surface area contributed by atoms with Crippen molar-refractivity contribution in [2.45, 2.75) is 39.3 Å². The summed E-state index contributed by atoms with van der Waals surface area (Å²) in [7, 11) is 2.22. The van der Waals surface area contributed by atoms with Crippen LogP contribution in [0.2, 0.25) is 0 Å². The molecule has 2 rings (SSSR count). The first kappa shape index (κ1) is 15.5. The zero-order valence-electron chi connectivity index (χ0n) is 13.4. The molecule has 1 aliphatic heterocycles. The highest BCUT2D eigenvalue weighted by molar-refractivity contribution is 5.35. The molecule has 2 N–H and O–H groups in total. The summed E-state index contributed by atoms with van der Waals surface area (Å²) < 4.78 is 0. The van der Waals surface area contributed by atoms with Gasteiger partial charge in [-0.2, -0.15) is 0 Å². The number of nitrogens with zero attached hydrogens (tertiary/aromatic N) is 2. The molecule has 20 heavy (non-hydrogen) atoms. The topological polar surface area (TPSA) is 32.5 Å². The highest BCUT2D eigenvalue weighted by atomic mass is 15.3. The Morgan fingerprint density at radius 2 is 2.05 bits per heavy atom. The quantitative estimate of drug-likeness (QED) is 0.919. The van der Waals surface area contributed by atoms with E-state index in [1.807, 2.05) is 0 Å². The summed E-state index contributed by atoms with van der Waals surface area (Å²) in [6, 6.07) is 7.50. The average molecular weight is 275 g/mol. The maximum atomic E-state index is 6.15. The van der Waals surface area contributed by atoms with Crippen LogP contribution in [-0.2, 0) is 0 Å². The number of hydrogen-bond donors (Lipinski definition) is 1. The van der Waals surface area contributed by atoms with Crippen molar-refractivity contribution in [2.75, 3.05) is 33.2 Å². The van der Waals surface area contributed by atoms with Crippen molar-refractivity contribution in [1.82, 2.24) is 9.80 Å². The van der Waals surface area contributed by atoms with E-state index >= 15 is 0 Å². The summed E-state index contributed by atoms with van der Waals surface area (Å²) in [5.74, 6) is 0. The van der Waals surface area contributed by atoms with E-state index in [-0.39, 0.29) is 0 Å². The predicted molar refractivity (Wildman–Crippen MR) is 86.0 cm³/mol. The van der Waals surface area contributed by atoms with E-state index in [1.54, 1.807) is 0 Å². The number of rotatable bonds is 3. The average Bonchev–Trinajstić information content (AvgIpc) is 2.57. The van der Waals surface area contributed by atoms with E-state index in [0.717, 1.165) is 13.1 Å². The fraction of sp³-hybridized carbons (Fsp3) is 0.647. The van der Waals surface area contributed by atoms with Gasteiger partial charge in [-0.05, 0) is 57.5 Å². The molecule has 112 valence electrons. The molecule has 3 heteroatoms. The van der Waals surface area contributed by atoms with Gasteiger partial charge < -0.3 is 10.6 Å². The largest absolute Gasteiger partial charge is 0.329 e. The highest BCUT2D eigenvalue weighted by Crippen LogP contribution is 2.28. The Bertz CT molecular complexity index is 444. The van der Waals surface area contributed by atoms with Gasteiger partial charge in [0.15, 0.2) is 0 Å². The van der Waals surface area contributed by atoms with Crippen LogP contribution in [0.5, 0.6) is 0 Å². The first-order valence-corrected chi connectivity index (χ1v) is 7.75. The Labute approximate surface area is 123 Å². The minimum absolute atomic E-state index is 0.344. The molecule has 0 aliphatic carbocycles. The standard InChI is InChI=1S/C17H29N3/c1-13-7-5-8-16(15(13)3)17(11-18)20-10-6-9-19(4)12-14(20)2/h5,7-8,14,17H,6,9-12,18H2,1-4H3. The van der Waals surface area contributed by atoms with Gasteiger partial charge in [0.25, 0.3) is 0 Å². The lowest BCUT2D eigenvalue weighted by atomic mass is 9.95. The van der Waals surface area contributed by atoms with Crippen LogP contribution in [0.15, 0.2) is 18.2 Å². The first-order valence-electron chi connectivity index (χ1n) is 7.75. The van der Waals surface area contributed by atoms with E-state index in [9.17, 15) is 0 Å². The van der Waals surface area contributed by atoms with Gasteiger partial charge in [-0.15, -0.1) is 0 Å². The third-order valence-electron chi connectivity index (χ3n) is 4.73. The van der Waals surface area contributed by atoms with Crippen LogP contribution in [0.4, 0.5) is 0 Å². The van der Waals surface area contributed by atoms with Crippen molar-refractivity contribution in [1.29, 1.82) is 0 Å². The molecule has 0 radical (unpaired) electrons. The molecule has 1 heterocycles. The molecule has 1 aliphatic rings. The molecule has 1 aromatic carbocycles. The summed E-state index contributed by atoms with van der Waals surface area (Å²) >= 11 is 0. The molecule has 0 bridgehead atoms. The Hall–Kier alpha value is -0.900. The van der Waals surface area contributed by atoms with Gasteiger partial charge in [0, 0.05) is 31.7 Å². The second kappa shape index (κ2) is 6.70. The lowest BCUT2D eigenvalue weighted by Crippen LogP contribution is -2.43. The number of likely N-dealkylation sites (N-methyl/N-ethyl adjacent to an activating group) is 1. The molecule has 0 aromatic heterocycles. The van der Waals surface area contributed by atoms with Gasteiger partial charge in [0.05, 0.1) is 0 Å². The van der Waals surface area contributed by atoms with Gasteiger partial charge in [-0.25, -0.2) is 0 Å². The van der Waals surface area contributed by atoms with Crippen molar-refractivity contribution >= 4 is 0 Å². The lowest BCUT2D eigenvalue weighted by Gasteiger charge is -2.36. The molecule has 1 fully saturated rings. The van der Waals surface area contributed by atoms with Crippen LogP contribution in [0.3, 0.4) is 0 Å². The number of benzene rings is 1. The van der Waals surface area contributed by atoms with Crippen LogP contribution < -0.4 is 5.73 Å². The summed E-state index contributed by atoms with van der Waals surface area (Å²) in [5.41, 5.74) is 10.3. The molecule has 1 aromatic rings. The van der Waals surface area contributed by atoms with Crippen LogP contribution >= 0.6 is 0 Å². The molecule has 0 spiro atoms. The second-order valence-corrected chi connectivity index (χ2v) is 6.24. The van der Waals surface area contributed by atoms with E-state index in [0.29, 0.717) is 18.6 Å². The zero-order chi connectivity index (χ0) is 14.7. The van der Waals surface area contributed by atoms with Crippen molar-refractivity contribution in [2.24, 2.45) is 5.73 Å². The normalized spacial score (nSPS) is 23.6. The minimum Gasteiger partial charge on any atom is -0.329 e. The second-order valence-electron chi connectivity index (χ2n) is 6.24. The van der Waals surface area contributed by atoms with Gasteiger partial charge >= 0.3 is 0 Å². The van der Waals surface area contributed by atoms with E-state index in [2.05, 4.69) is 55.8 Å². The number of hydrogen-bond acceptors (Lipinski definition) is 3. The Kier molecular flexibility index (Phi) is 5.19. The lowest BCUT2D eigenvalue weighted by molar-refractivity contribution is 0.146. The van der Waals surface area contributed by atoms with Crippen LogP contribution in [0, 0.1) is 13.8 Å². The van der Waals surface area contributed by atoms with E-state index < -0.39 is 0 Å². The summed E-state index contributed by atoms with van der Waals surface area (Å²) in [6.07, 6.45) is 1.22. The third-order valence-corrected chi connectivity index (χ3v) is 4.73. The minimum atomic E-state index is 0.344.